The fraction of sp³-hybridized carbons (Fsp3) is 0.361. The van der Waals surface area contributed by atoms with Crippen LogP contribution in [0.25, 0.3) is 0 Å². The van der Waals surface area contributed by atoms with E-state index in [1.54, 1.807) is 42.4 Å². The molecule has 0 saturated carbocycles. The van der Waals surface area contributed by atoms with E-state index >= 15 is 0 Å². The van der Waals surface area contributed by atoms with Gasteiger partial charge < -0.3 is 35.6 Å². The average Bonchev–Trinajstić information content (AvgIpc) is 3.03. The van der Waals surface area contributed by atoms with Gasteiger partial charge in [0.25, 0.3) is 0 Å². The van der Waals surface area contributed by atoms with Crippen LogP contribution in [0.2, 0.25) is 0 Å². The molecule has 2 atom stereocenters. The van der Waals surface area contributed by atoms with Gasteiger partial charge in [-0.3, -0.25) is 9.59 Å². The van der Waals surface area contributed by atoms with Crippen molar-refractivity contribution < 1.29 is 24.2 Å². The Kier molecular flexibility index (Phi) is 11.4. The fourth-order valence-corrected chi connectivity index (χ4v) is 5.68. The smallest absolute Gasteiger partial charge is 0.316 e. The van der Waals surface area contributed by atoms with Crippen LogP contribution in [0.5, 0.6) is 11.5 Å². The zero-order chi connectivity index (χ0) is 33.3. The molecule has 244 valence electrons. The standard InChI is InChI=1S/C36H45N5O5/c1-6-19-37-22-32(43)41-30(20-25-15-17-28(42)18-16-25)34(44)40(23-27-13-10-14-29(33(27)46-5)36(2,3)4)24-31(41)39-35(45)38-21-26-11-8-7-9-12-26/h6-18,30-31,37,42H,1,19-24H2,2-5H3,(H2,38,39,45)/t30-,31+/m0/s1. The van der Waals surface area contributed by atoms with Crippen molar-refractivity contribution in [2.75, 3.05) is 26.7 Å². The Bertz CT molecular complexity index is 1500. The Labute approximate surface area is 271 Å². The molecule has 1 aliphatic heterocycles. The zero-order valence-electron chi connectivity index (χ0n) is 27.1. The molecule has 4 N–H and O–H groups in total. The van der Waals surface area contributed by atoms with Gasteiger partial charge in [0.2, 0.25) is 11.8 Å². The number of methoxy groups -OCH3 is 1. The number of phenolic OH excluding ortho intramolecular Hbond substituents is 1. The third-order valence-corrected chi connectivity index (χ3v) is 7.94. The predicted octanol–water partition coefficient (Wildman–Crippen LogP) is 4.08. The summed E-state index contributed by atoms with van der Waals surface area (Å²) in [5.41, 5.74) is 3.33. The number of ether oxygens (including phenoxy) is 1. The molecule has 0 aliphatic carbocycles. The van der Waals surface area contributed by atoms with Crippen LogP contribution < -0.4 is 20.7 Å². The lowest BCUT2D eigenvalue weighted by molar-refractivity contribution is -0.157. The molecule has 10 nitrogen and oxygen atoms in total. The molecular weight excluding hydrogens is 582 g/mol. The minimum Gasteiger partial charge on any atom is -0.508 e. The molecule has 0 radical (unpaired) electrons. The predicted molar refractivity (Wildman–Crippen MR) is 178 cm³/mol. The molecule has 0 spiro atoms. The van der Waals surface area contributed by atoms with E-state index in [1.165, 1.54) is 4.90 Å². The van der Waals surface area contributed by atoms with E-state index < -0.39 is 18.2 Å². The van der Waals surface area contributed by atoms with E-state index in [2.05, 4.69) is 43.3 Å². The molecule has 1 saturated heterocycles. The second kappa shape index (κ2) is 15.4. The molecule has 4 rings (SSSR count). The number of hydrogen-bond acceptors (Lipinski definition) is 6. The monoisotopic (exact) mass is 627 g/mol. The van der Waals surface area contributed by atoms with Crippen LogP contribution >= 0.6 is 0 Å². The summed E-state index contributed by atoms with van der Waals surface area (Å²) in [6.45, 7) is 11.0. The summed E-state index contributed by atoms with van der Waals surface area (Å²) >= 11 is 0. The molecule has 3 aromatic carbocycles. The first-order valence-electron chi connectivity index (χ1n) is 15.5. The summed E-state index contributed by atoms with van der Waals surface area (Å²) in [5.74, 6) is 0.216. The van der Waals surface area contributed by atoms with Gasteiger partial charge in [-0.25, -0.2) is 4.79 Å². The molecule has 0 bridgehead atoms. The van der Waals surface area contributed by atoms with Gasteiger partial charge in [0.1, 0.15) is 23.7 Å². The van der Waals surface area contributed by atoms with Crippen LogP contribution in [0, 0.1) is 0 Å². The van der Waals surface area contributed by atoms with Crippen molar-refractivity contribution in [2.45, 2.75) is 57.9 Å². The zero-order valence-corrected chi connectivity index (χ0v) is 27.1. The molecule has 1 fully saturated rings. The molecule has 1 aliphatic rings. The fourth-order valence-electron chi connectivity index (χ4n) is 5.68. The van der Waals surface area contributed by atoms with Crippen LogP contribution in [0.3, 0.4) is 0 Å². The second-order valence-corrected chi connectivity index (χ2v) is 12.4. The van der Waals surface area contributed by atoms with Crippen LogP contribution in [0.15, 0.2) is 85.5 Å². The van der Waals surface area contributed by atoms with Crippen molar-refractivity contribution in [1.29, 1.82) is 0 Å². The maximum absolute atomic E-state index is 14.3. The molecule has 46 heavy (non-hydrogen) atoms. The molecule has 4 amide bonds. The summed E-state index contributed by atoms with van der Waals surface area (Å²) < 4.78 is 5.87. The number of carbonyl (C=O) groups excluding carboxylic acids is 3. The SMILES string of the molecule is C=CCNCC(=O)N1[C@@H](NC(=O)NCc2ccccc2)CN(Cc2cccc(C(C)(C)C)c2OC)C(=O)[C@@H]1Cc1ccc(O)cc1. The Morgan fingerprint density at radius 3 is 2.39 bits per heavy atom. The van der Waals surface area contributed by atoms with Crippen LogP contribution in [0.4, 0.5) is 4.79 Å². The maximum atomic E-state index is 14.3. The number of piperazine rings is 1. The Morgan fingerprint density at radius 1 is 1.02 bits per heavy atom. The van der Waals surface area contributed by atoms with E-state index in [0.29, 0.717) is 18.8 Å². The molecule has 0 unspecified atom stereocenters. The van der Waals surface area contributed by atoms with Crippen LogP contribution in [-0.4, -0.2) is 71.7 Å². The number of aromatic hydroxyl groups is 1. The number of hydrogen-bond donors (Lipinski definition) is 4. The van der Waals surface area contributed by atoms with E-state index in [4.69, 9.17) is 4.74 Å². The first-order chi connectivity index (χ1) is 22.0. The van der Waals surface area contributed by atoms with Crippen molar-refractivity contribution in [3.63, 3.8) is 0 Å². The van der Waals surface area contributed by atoms with Gasteiger partial charge in [0.15, 0.2) is 0 Å². The van der Waals surface area contributed by atoms with Gasteiger partial charge in [-0.2, -0.15) is 0 Å². The second-order valence-electron chi connectivity index (χ2n) is 12.4. The lowest BCUT2D eigenvalue weighted by Crippen LogP contribution is -2.69. The number of nitrogens with zero attached hydrogens (tertiary/aromatic N) is 2. The lowest BCUT2D eigenvalue weighted by Gasteiger charge is -2.46. The topological polar surface area (TPSA) is 123 Å². The minimum atomic E-state index is -0.924. The van der Waals surface area contributed by atoms with Crippen molar-refractivity contribution in [2.24, 2.45) is 0 Å². The minimum absolute atomic E-state index is 0.0450. The first kappa shape index (κ1) is 34.1. The summed E-state index contributed by atoms with van der Waals surface area (Å²) in [6, 6.07) is 20.6. The normalized spacial score (nSPS) is 16.6. The van der Waals surface area contributed by atoms with E-state index in [1.807, 2.05) is 48.5 Å². The van der Waals surface area contributed by atoms with Gasteiger partial charge in [-0.05, 0) is 34.2 Å². The summed E-state index contributed by atoms with van der Waals surface area (Å²) in [7, 11) is 1.62. The number of benzene rings is 3. The van der Waals surface area contributed by atoms with Gasteiger partial charge in [0, 0.05) is 31.6 Å². The highest BCUT2D eigenvalue weighted by molar-refractivity contribution is 5.91. The quantitative estimate of drug-likeness (QED) is 0.177. The van der Waals surface area contributed by atoms with Gasteiger partial charge in [0.05, 0.1) is 20.2 Å². The van der Waals surface area contributed by atoms with Gasteiger partial charge >= 0.3 is 6.03 Å². The Balaban J connectivity index is 1.69. The molecule has 10 heteroatoms. The lowest BCUT2D eigenvalue weighted by atomic mass is 9.85. The highest BCUT2D eigenvalue weighted by Crippen LogP contribution is 2.35. The summed E-state index contributed by atoms with van der Waals surface area (Å²) in [6.07, 6.45) is 1.01. The van der Waals surface area contributed by atoms with E-state index in [0.717, 1.165) is 22.3 Å². The summed E-state index contributed by atoms with van der Waals surface area (Å²) in [4.78, 5) is 44.6. The molecule has 1 heterocycles. The van der Waals surface area contributed by atoms with E-state index in [9.17, 15) is 19.5 Å². The van der Waals surface area contributed by atoms with Crippen LogP contribution in [-0.2, 0) is 34.5 Å². The highest BCUT2D eigenvalue weighted by atomic mass is 16.5. The number of phenols is 1. The highest BCUT2D eigenvalue weighted by Gasteiger charge is 2.44. The van der Waals surface area contributed by atoms with Crippen molar-refractivity contribution in [1.82, 2.24) is 25.8 Å². The van der Waals surface area contributed by atoms with Gasteiger partial charge in [-0.15, -0.1) is 6.58 Å². The maximum Gasteiger partial charge on any atom is 0.316 e. The number of urea groups is 1. The Hall–Kier alpha value is -4.83. The molecule has 0 aromatic heterocycles. The van der Waals surface area contributed by atoms with Crippen molar-refractivity contribution in [3.05, 3.63) is 108 Å². The number of carbonyl (C=O) groups is 3. The first-order valence-corrected chi connectivity index (χ1v) is 15.5. The number of para-hydroxylation sites is 1. The van der Waals surface area contributed by atoms with Crippen LogP contribution in [0.1, 0.15) is 43.0 Å². The van der Waals surface area contributed by atoms with E-state index in [-0.39, 0.29) is 49.0 Å². The number of nitrogens with one attached hydrogen (secondary N) is 3. The molecular formula is C36H45N5O5. The Morgan fingerprint density at radius 2 is 1.74 bits per heavy atom. The third kappa shape index (κ3) is 8.66. The van der Waals surface area contributed by atoms with Gasteiger partial charge in [-0.1, -0.05) is 87.5 Å². The summed E-state index contributed by atoms with van der Waals surface area (Å²) in [5, 5.41) is 18.8. The number of amides is 4. The number of rotatable bonds is 12. The largest absolute Gasteiger partial charge is 0.508 e. The third-order valence-electron chi connectivity index (χ3n) is 7.94. The van der Waals surface area contributed by atoms with Crippen molar-refractivity contribution >= 4 is 17.8 Å². The average molecular weight is 628 g/mol. The molecule has 3 aromatic rings. The van der Waals surface area contributed by atoms with Crippen molar-refractivity contribution in [3.8, 4) is 11.5 Å².